The molecule has 2 aromatic carbocycles. The second-order valence-electron chi connectivity index (χ2n) is 4.54. The smallest absolute Gasteiger partial charge is 0.142 e. The van der Waals surface area contributed by atoms with Gasteiger partial charge in [0.1, 0.15) is 12.4 Å². The Kier molecular flexibility index (Phi) is 6.37. The van der Waals surface area contributed by atoms with Gasteiger partial charge >= 0.3 is 0 Å². The highest BCUT2D eigenvalue weighted by molar-refractivity contribution is 9.10. The Labute approximate surface area is 143 Å². The Morgan fingerprint density at radius 3 is 2.62 bits per heavy atom. The maximum atomic E-state index is 6.27. The second kappa shape index (κ2) is 8.04. The highest BCUT2D eigenvalue weighted by Gasteiger charge is 2.11. The van der Waals surface area contributed by atoms with Gasteiger partial charge in [-0.15, -0.1) is 0 Å². The molecule has 0 atom stereocenters. The van der Waals surface area contributed by atoms with Crippen LogP contribution in [0.25, 0.3) is 0 Å². The van der Waals surface area contributed by atoms with Crippen LogP contribution in [0, 0.1) is 0 Å². The molecule has 1 N–H and O–H groups in total. The molecular weight excluding hydrogens is 373 g/mol. The lowest BCUT2D eigenvalue weighted by atomic mass is 10.2. The van der Waals surface area contributed by atoms with Gasteiger partial charge in [0.15, 0.2) is 0 Å². The first kappa shape index (κ1) is 16.6. The van der Waals surface area contributed by atoms with Crippen LogP contribution >= 0.6 is 39.1 Å². The molecule has 2 rings (SSSR count). The van der Waals surface area contributed by atoms with Crippen molar-refractivity contribution < 1.29 is 4.74 Å². The number of nitrogens with one attached hydrogen (secondary N) is 1. The lowest BCUT2D eigenvalue weighted by Crippen LogP contribution is -2.13. The predicted octanol–water partition coefficient (Wildman–Crippen LogP) is 5.44. The Hall–Kier alpha value is -0.740. The van der Waals surface area contributed by atoms with Crippen LogP contribution < -0.4 is 10.1 Å². The number of halogens is 3. The Balaban J connectivity index is 2.20. The van der Waals surface area contributed by atoms with Gasteiger partial charge in [0, 0.05) is 27.2 Å². The summed E-state index contributed by atoms with van der Waals surface area (Å²) in [5.74, 6) is 0.678. The summed E-state index contributed by atoms with van der Waals surface area (Å²) < 4.78 is 6.94. The molecule has 0 amide bonds. The number of hydrogen-bond donors (Lipinski definition) is 1. The number of benzene rings is 2. The van der Waals surface area contributed by atoms with E-state index in [0.717, 1.165) is 22.1 Å². The normalized spacial score (nSPS) is 10.7. The third-order valence-corrected chi connectivity index (χ3v) is 4.25. The lowest BCUT2D eigenvalue weighted by molar-refractivity contribution is 0.301. The van der Waals surface area contributed by atoms with Gasteiger partial charge in [-0.25, -0.2) is 0 Å². The molecule has 112 valence electrons. The van der Waals surface area contributed by atoms with E-state index in [1.165, 1.54) is 0 Å². The summed E-state index contributed by atoms with van der Waals surface area (Å²) in [6.45, 7) is 4.03. The zero-order chi connectivity index (χ0) is 15.2. The van der Waals surface area contributed by atoms with Crippen LogP contribution in [0.4, 0.5) is 0 Å². The zero-order valence-corrected chi connectivity index (χ0v) is 14.7. The van der Waals surface area contributed by atoms with Gasteiger partial charge in [0.25, 0.3) is 0 Å². The summed E-state index contributed by atoms with van der Waals surface area (Å²) in [4.78, 5) is 0. The Morgan fingerprint density at radius 1 is 1.14 bits per heavy atom. The molecule has 0 radical (unpaired) electrons. The van der Waals surface area contributed by atoms with Crippen LogP contribution in [-0.2, 0) is 13.2 Å². The minimum absolute atomic E-state index is 0.446. The first-order valence-electron chi connectivity index (χ1n) is 6.66. The molecule has 0 saturated heterocycles. The Morgan fingerprint density at radius 2 is 1.90 bits per heavy atom. The van der Waals surface area contributed by atoms with Crippen molar-refractivity contribution in [2.45, 2.75) is 20.1 Å². The van der Waals surface area contributed by atoms with E-state index in [1.807, 2.05) is 37.3 Å². The summed E-state index contributed by atoms with van der Waals surface area (Å²) in [7, 11) is 0. The van der Waals surface area contributed by atoms with Crippen LogP contribution in [0.15, 0.2) is 40.9 Å². The third-order valence-electron chi connectivity index (χ3n) is 2.98. The molecule has 2 aromatic rings. The minimum Gasteiger partial charge on any atom is -0.487 e. The largest absolute Gasteiger partial charge is 0.487 e. The fourth-order valence-electron chi connectivity index (χ4n) is 1.93. The molecular formula is C16H16BrCl2NO. The van der Waals surface area contributed by atoms with Crippen LogP contribution in [-0.4, -0.2) is 6.54 Å². The molecule has 0 saturated carbocycles. The first-order valence-corrected chi connectivity index (χ1v) is 8.21. The van der Waals surface area contributed by atoms with E-state index >= 15 is 0 Å². The van der Waals surface area contributed by atoms with Crippen molar-refractivity contribution in [2.75, 3.05) is 6.54 Å². The van der Waals surface area contributed by atoms with Crippen molar-refractivity contribution in [1.82, 2.24) is 5.32 Å². The molecule has 0 spiro atoms. The summed E-state index contributed by atoms with van der Waals surface area (Å²) in [5.41, 5.74) is 2.03. The van der Waals surface area contributed by atoms with Crippen LogP contribution in [0.2, 0.25) is 10.0 Å². The number of hydrogen-bond acceptors (Lipinski definition) is 2. The van der Waals surface area contributed by atoms with E-state index in [4.69, 9.17) is 27.9 Å². The molecule has 21 heavy (non-hydrogen) atoms. The number of rotatable bonds is 6. The average molecular weight is 389 g/mol. The van der Waals surface area contributed by atoms with Gasteiger partial charge in [-0.05, 0) is 24.7 Å². The molecule has 0 fully saturated rings. The summed E-state index contributed by atoms with van der Waals surface area (Å²) in [6, 6.07) is 11.5. The molecule has 0 aliphatic rings. The maximum absolute atomic E-state index is 6.27. The topological polar surface area (TPSA) is 21.3 Å². The van der Waals surface area contributed by atoms with Crippen molar-refractivity contribution in [1.29, 1.82) is 0 Å². The third kappa shape index (κ3) is 4.62. The standard InChI is InChI=1S/C16H16BrCl2NO/c1-2-20-9-12-7-13(18)8-15(19)16(12)21-10-11-5-3-4-6-14(11)17/h3-8,20H,2,9-10H2,1H3. The highest BCUT2D eigenvalue weighted by Crippen LogP contribution is 2.33. The SMILES string of the molecule is CCNCc1cc(Cl)cc(Cl)c1OCc1ccccc1Br. The van der Waals surface area contributed by atoms with Crippen LogP contribution in [0.1, 0.15) is 18.1 Å². The Bertz CT molecular complexity index is 619. The van der Waals surface area contributed by atoms with Crippen molar-refractivity contribution >= 4 is 39.1 Å². The van der Waals surface area contributed by atoms with E-state index in [0.29, 0.717) is 28.9 Å². The molecule has 0 heterocycles. The monoisotopic (exact) mass is 387 g/mol. The maximum Gasteiger partial charge on any atom is 0.142 e. The van der Waals surface area contributed by atoms with E-state index in [9.17, 15) is 0 Å². The highest BCUT2D eigenvalue weighted by atomic mass is 79.9. The fourth-order valence-corrected chi connectivity index (χ4v) is 2.92. The summed E-state index contributed by atoms with van der Waals surface area (Å²) in [6.07, 6.45) is 0. The zero-order valence-electron chi connectivity index (χ0n) is 11.6. The molecule has 0 aliphatic carbocycles. The average Bonchev–Trinajstić information content (AvgIpc) is 2.45. The van der Waals surface area contributed by atoms with Crippen molar-refractivity contribution in [3.05, 3.63) is 62.0 Å². The van der Waals surface area contributed by atoms with Crippen molar-refractivity contribution in [2.24, 2.45) is 0 Å². The molecule has 5 heteroatoms. The van der Waals surface area contributed by atoms with Gasteiger partial charge in [-0.1, -0.05) is 64.3 Å². The van der Waals surface area contributed by atoms with Crippen molar-refractivity contribution in [3.63, 3.8) is 0 Å². The summed E-state index contributed by atoms with van der Waals surface area (Å²) in [5, 5.41) is 4.40. The van der Waals surface area contributed by atoms with E-state index in [2.05, 4.69) is 21.2 Å². The van der Waals surface area contributed by atoms with Gasteiger partial charge in [0.05, 0.1) is 5.02 Å². The van der Waals surface area contributed by atoms with Gasteiger partial charge in [-0.3, -0.25) is 0 Å². The van der Waals surface area contributed by atoms with Crippen LogP contribution in [0.5, 0.6) is 5.75 Å². The van der Waals surface area contributed by atoms with Crippen molar-refractivity contribution in [3.8, 4) is 5.75 Å². The molecule has 0 unspecified atom stereocenters. The molecule has 0 aromatic heterocycles. The molecule has 2 nitrogen and oxygen atoms in total. The van der Waals surface area contributed by atoms with E-state index in [-0.39, 0.29) is 0 Å². The van der Waals surface area contributed by atoms with Gasteiger partial charge < -0.3 is 10.1 Å². The second-order valence-corrected chi connectivity index (χ2v) is 6.23. The predicted molar refractivity (Wildman–Crippen MR) is 92.3 cm³/mol. The molecule has 0 aliphatic heterocycles. The fraction of sp³-hybridized carbons (Fsp3) is 0.250. The lowest BCUT2D eigenvalue weighted by Gasteiger charge is -2.15. The van der Waals surface area contributed by atoms with E-state index in [1.54, 1.807) is 6.07 Å². The minimum atomic E-state index is 0.446. The number of ether oxygens (including phenoxy) is 1. The van der Waals surface area contributed by atoms with Crippen LogP contribution in [0.3, 0.4) is 0 Å². The van der Waals surface area contributed by atoms with Gasteiger partial charge in [0.2, 0.25) is 0 Å². The van der Waals surface area contributed by atoms with E-state index < -0.39 is 0 Å². The quantitative estimate of drug-likeness (QED) is 0.710. The van der Waals surface area contributed by atoms with Gasteiger partial charge in [-0.2, -0.15) is 0 Å². The molecule has 0 bridgehead atoms. The first-order chi connectivity index (χ1) is 10.1. The summed E-state index contributed by atoms with van der Waals surface area (Å²) >= 11 is 15.9.